The Morgan fingerprint density at radius 3 is 0.714 bits per heavy atom. The van der Waals surface area contributed by atoms with Gasteiger partial charge in [-0.3, -0.25) is 0 Å². The van der Waals surface area contributed by atoms with Crippen LogP contribution in [0.15, 0.2) is 0 Å². The second kappa shape index (κ2) is 49.0. The Hall–Kier alpha value is 0.763. The summed E-state index contributed by atoms with van der Waals surface area (Å²) in [4.78, 5) is 0. The van der Waals surface area contributed by atoms with Crippen molar-refractivity contribution in [3.05, 3.63) is 7.43 Å². The van der Waals surface area contributed by atoms with Crippen molar-refractivity contribution in [2.24, 2.45) is 0 Å². The predicted octanol–water partition coefficient (Wildman–Crippen LogP) is 1.61. The number of hydrogen-bond donors (Lipinski definition) is 3. The van der Waals surface area contributed by atoms with Crippen LogP contribution >= 0.6 is 0 Å². The fraction of sp³-hybridized carbons (Fsp3) is 0.900. The molecule has 0 aliphatic carbocycles. The Bertz CT molecular complexity index is 30.8. The zero-order valence-corrected chi connectivity index (χ0v) is 12.5. The standard InChI is InChI=1S/3C3H8O.CH3.Zr/c3*1-2-3-4;;/h3*4H,2-3H2,1H3;1H3;/q;;;-1;. The smallest absolute Gasteiger partial charge is 0.0428 e. The fourth-order valence-electron chi connectivity index (χ4n) is 0. The van der Waals surface area contributed by atoms with Crippen molar-refractivity contribution in [2.75, 3.05) is 19.8 Å². The first-order valence-electron chi connectivity index (χ1n) is 4.57. The molecule has 0 aromatic rings. The topological polar surface area (TPSA) is 60.7 Å². The van der Waals surface area contributed by atoms with Gasteiger partial charge in [0.2, 0.25) is 0 Å². The molecule has 0 heterocycles. The molecule has 0 spiro atoms. The Kier molecular flexibility index (Phi) is 103. The van der Waals surface area contributed by atoms with E-state index in [4.69, 9.17) is 15.3 Å². The van der Waals surface area contributed by atoms with Crippen molar-refractivity contribution in [1.82, 2.24) is 0 Å². The average molecular weight is 287 g/mol. The molecule has 3 nitrogen and oxygen atoms in total. The largest absolute Gasteiger partial charge is 0.396 e. The molecule has 4 heteroatoms. The summed E-state index contributed by atoms with van der Waals surface area (Å²) < 4.78 is 0. The minimum Gasteiger partial charge on any atom is -0.396 e. The fourth-order valence-corrected chi connectivity index (χ4v) is 0. The van der Waals surface area contributed by atoms with E-state index in [0.29, 0.717) is 19.8 Å². The maximum absolute atomic E-state index is 7.88. The summed E-state index contributed by atoms with van der Waals surface area (Å²) >= 11 is 0. The Labute approximate surface area is 109 Å². The van der Waals surface area contributed by atoms with Gasteiger partial charge in [0.05, 0.1) is 0 Å². The molecule has 14 heavy (non-hydrogen) atoms. The van der Waals surface area contributed by atoms with E-state index in [2.05, 4.69) is 0 Å². The normalized spacial score (nSPS) is 6.43. The summed E-state index contributed by atoms with van der Waals surface area (Å²) in [6.07, 6.45) is 2.62. The van der Waals surface area contributed by atoms with Gasteiger partial charge in [-0.2, -0.15) is 0 Å². The van der Waals surface area contributed by atoms with Crippen molar-refractivity contribution in [2.45, 2.75) is 40.0 Å². The van der Waals surface area contributed by atoms with Gasteiger partial charge in [-0.25, -0.2) is 0 Å². The van der Waals surface area contributed by atoms with E-state index in [9.17, 15) is 0 Å². The molecule has 90 valence electrons. The van der Waals surface area contributed by atoms with Crippen molar-refractivity contribution >= 4 is 0 Å². The van der Waals surface area contributed by atoms with Gasteiger partial charge in [-0.1, -0.05) is 20.8 Å². The number of aliphatic hydroxyl groups is 3. The Morgan fingerprint density at radius 2 is 0.714 bits per heavy atom. The van der Waals surface area contributed by atoms with Gasteiger partial charge in [0.25, 0.3) is 0 Å². The van der Waals surface area contributed by atoms with E-state index in [1.807, 2.05) is 20.8 Å². The average Bonchev–Trinajstić information content (AvgIpc) is 2.18. The Morgan fingerprint density at radius 1 is 0.643 bits per heavy atom. The van der Waals surface area contributed by atoms with Crippen LogP contribution in [-0.4, -0.2) is 35.1 Å². The van der Waals surface area contributed by atoms with E-state index in [-0.39, 0.29) is 33.6 Å². The second-order valence-electron chi connectivity index (χ2n) is 2.17. The summed E-state index contributed by atoms with van der Waals surface area (Å²) in [7, 11) is 0. The number of aliphatic hydroxyl groups excluding tert-OH is 3. The minimum atomic E-state index is 0. The third-order valence-electron chi connectivity index (χ3n) is 0.671. The molecule has 0 aromatic heterocycles. The van der Waals surface area contributed by atoms with Gasteiger partial charge >= 0.3 is 0 Å². The monoisotopic (exact) mass is 285 g/mol. The molecule has 0 unspecified atom stereocenters. The molecule has 0 amide bonds. The molecule has 0 rings (SSSR count). The van der Waals surface area contributed by atoms with Crippen LogP contribution in [0.25, 0.3) is 0 Å². The van der Waals surface area contributed by atoms with Crippen LogP contribution in [0.3, 0.4) is 0 Å². The van der Waals surface area contributed by atoms with Gasteiger partial charge in [0.15, 0.2) is 0 Å². The molecule has 0 aliphatic heterocycles. The van der Waals surface area contributed by atoms with Crippen LogP contribution in [0.4, 0.5) is 0 Å². The maximum atomic E-state index is 7.88. The molecular weight excluding hydrogens is 259 g/mol. The van der Waals surface area contributed by atoms with Gasteiger partial charge in [-0.05, 0) is 19.3 Å². The van der Waals surface area contributed by atoms with Crippen LogP contribution in [0.2, 0.25) is 0 Å². The Balaban J connectivity index is -0.0000000270. The molecule has 3 N–H and O–H groups in total. The molecule has 0 radical (unpaired) electrons. The van der Waals surface area contributed by atoms with Crippen LogP contribution in [0.1, 0.15) is 40.0 Å². The SMILES string of the molecule is CCCO.CCCO.CCCO.[CH3-].[Zr]. The van der Waals surface area contributed by atoms with Crippen LogP contribution in [0.5, 0.6) is 0 Å². The molecule has 0 saturated carbocycles. The van der Waals surface area contributed by atoms with Crippen molar-refractivity contribution < 1.29 is 41.5 Å². The molecule has 0 saturated heterocycles. The summed E-state index contributed by atoms with van der Waals surface area (Å²) in [6, 6.07) is 0. The molecule has 0 fully saturated rings. The summed E-state index contributed by atoms with van der Waals surface area (Å²) in [5, 5.41) is 23.6. The first-order valence-corrected chi connectivity index (χ1v) is 4.57. The molecule has 0 aromatic carbocycles. The summed E-state index contributed by atoms with van der Waals surface area (Å²) in [5.74, 6) is 0. The summed E-state index contributed by atoms with van der Waals surface area (Å²) in [6.45, 7) is 6.75. The molecule has 0 aliphatic rings. The third-order valence-corrected chi connectivity index (χ3v) is 0.671. The first kappa shape index (κ1) is 29.3. The van der Waals surface area contributed by atoms with Gasteiger partial charge < -0.3 is 22.7 Å². The van der Waals surface area contributed by atoms with E-state index in [1.54, 1.807) is 0 Å². The van der Waals surface area contributed by atoms with Crippen molar-refractivity contribution in [3.63, 3.8) is 0 Å². The molecule has 0 atom stereocenters. The predicted molar refractivity (Wildman–Crippen MR) is 58.5 cm³/mol. The van der Waals surface area contributed by atoms with Crippen molar-refractivity contribution in [3.8, 4) is 0 Å². The zero-order chi connectivity index (χ0) is 10.2. The number of rotatable bonds is 3. The quantitative estimate of drug-likeness (QED) is 0.691. The van der Waals surface area contributed by atoms with Gasteiger partial charge in [0.1, 0.15) is 0 Å². The zero-order valence-electron chi connectivity index (χ0n) is 10.1. The van der Waals surface area contributed by atoms with E-state index < -0.39 is 0 Å². The maximum Gasteiger partial charge on any atom is 0.0428 e. The molecule has 0 bridgehead atoms. The third kappa shape index (κ3) is 125. The molecular formula is C10H27O3Zr-. The van der Waals surface area contributed by atoms with Crippen LogP contribution in [0, 0.1) is 7.43 Å². The van der Waals surface area contributed by atoms with E-state index in [1.165, 1.54) is 0 Å². The van der Waals surface area contributed by atoms with Gasteiger partial charge in [-0.15, -0.1) is 0 Å². The number of hydrogen-bond acceptors (Lipinski definition) is 3. The minimum absolute atomic E-state index is 0. The second-order valence-corrected chi connectivity index (χ2v) is 2.17. The van der Waals surface area contributed by atoms with E-state index >= 15 is 0 Å². The van der Waals surface area contributed by atoms with Gasteiger partial charge in [0, 0.05) is 46.0 Å². The summed E-state index contributed by atoms with van der Waals surface area (Å²) in [5.41, 5.74) is 0. The van der Waals surface area contributed by atoms with Crippen LogP contribution < -0.4 is 0 Å². The van der Waals surface area contributed by atoms with E-state index in [0.717, 1.165) is 19.3 Å². The first-order chi connectivity index (χ1) is 5.74. The van der Waals surface area contributed by atoms with Crippen molar-refractivity contribution in [1.29, 1.82) is 0 Å². The van der Waals surface area contributed by atoms with Crippen LogP contribution in [-0.2, 0) is 26.2 Å².